The molecule has 27 heavy (non-hydrogen) atoms. The van der Waals surface area contributed by atoms with Crippen LogP contribution >= 0.6 is 12.6 Å². The van der Waals surface area contributed by atoms with Crippen molar-refractivity contribution in [2.24, 2.45) is 0 Å². The summed E-state index contributed by atoms with van der Waals surface area (Å²) in [6, 6.07) is 5.31. The van der Waals surface area contributed by atoms with Crippen molar-refractivity contribution in [3.8, 4) is 11.5 Å². The standard InChI is InChI=1S/C18H24O3.2C2H6.CH4S/c1-6-20-16-11-10-15(12-17(16)21-7-2)18(19)14(5)9-8-13(3)4;3*1-2/h8-12H,6-7H2,1-5H3;2*1-2H3;2H,1H3/b14-9+;;;. The largest absolute Gasteiger partial charge is 0.490 e. The van der Waals surface area contributed by atoms with Crippen molar-refractivity contribution in [3.63, 3.8) is 0 Å². The fourth-order valence-corrected chi connectivity index (χ4v) is 1.79. The second kappa shape index (κ2) is 20.6. The Labute approximate surface area is 173 Å². The molecular formula is C23H40O3S. The van der Waals surface area contributed by atoms with Crippen molar-refractivity contribution in [2.45, 2.75) is 62.3 Å². The number of hydrogen-bond acceptors (Lipinski definition) is 4. The Hall–Kier alpha value is -1.68. The number of carbonyl (C=O) groups excluding carboxylic acids is 1. The number of thiol groups is 1. The molecule has 0 saturated carbocycles. The van der Waals surface area contributed by atoms with E-state index in [4.69, 9.17) is 9.47 Å². The monoisotopic (exact) mass is 396 g/mol. The topological polar surface area (TPSA) is 35.5 Å². The maximum atomic E-state index is 12.4. The van der Waals surface area contributed by atoms with Crippen molar-refractivity contribution in [3.05, 3.63) is 47.1 Å². The van der Waals surface area contributed by atoms with Crippen LogP contribution in [0.2, 0.25) is 0 Å². The maximum absolute atomic E-state index is 12.4. The molecule has 0 spiro atoms. The first kappa shape index (κ1) is 30.1. The zero-order chi connectivity index (χ0) is 21.8. The van der Waals surface area contributed by atoms with Crippen molar-refractivity contribution in [1.29, 1.82) is 0 Å². The Morgan fingerprint density at radius 1 is 0.889 bits per heavy atom. The highest BCUT2D eigenvalue weighted by Crippen LogP contribution is 2.29. The minimum Gasteiger partial charge on any atom is -0.490 e. The van der Waals surface area contributed by atoms with Crippen LogP contribution < -0.4 is 9.47 Å². The van der Waals surface area contributed by atoms with Gasteiger partial charge in [-0.15, -0.1) is 0 Å². The van der Waals surface area contributed by atoms with Gasteiger partial charge >= 0.3 is 0 Å². The Morgan fingerprint density at radius 2 is 1.37 bits per heavy atom. The van der Waals surface area contributed by atoms with E-state index >= 15 is 0 Å². The predicted molar refractivity (Wildman–Crippen MR) is 124 cm³/mol. The zero-order valence-corrected chi connectivity index (χ0v) is 19.9. The Kier molecular flexibility index (Phi) is 23.0. The highest BCUT2D eigenvalue weighted by atomic mass is 32.1. The third kappa shape index (κ3) is 13.2. The summed E-state index contributed by atoms with van der Waals surface area (Å²) >= 11 is 3.53. The van der Waals surface area contributed by atoms with Gasteiger partial charge in [0.25, 0.3) is 0 Å². The molecular weight excluding hydrogens is 356 g/mol. The quantitative estimate of drug-likeness (QED) is 0.229. The summed E-state index contributed by atoms with van der Waals surface area (Å²) in [7, 11) is 0. The van der Waals surface area contributed by atoms with Gasteiger partial charge in [0.15, 0.2) is 17.3 Å². The van der Waals surface area contributed by atoms with Gasteiger partial charge in [-0.2, -0.15) is 12.6 Å². The van der Waals surface area contributed by atoms with Gasteiger partial charge in [0, 0.05) is 5.56 Å². The average Bonchev–Trinajstić information content (AvgIpc) is 2.71. The van der Waals surface area contributed by atoms with Crippen molar-refractivity contribution >= 4 is 18.4 Å². The molecule has 0 unspecified atom stereocenters. The van der Waals surface area contributed by atoms with E-state index in [1.807, 2.05) is 74.5 Å². The van der Waals surface area contributed by atoms with Gasteiger partial charge in [0.1, 0.15) is 0 Å². The second-order valence-electron chi connectivity index (χ2n) is 4.95. The minimum absolute atomic E-state index is 0.00324. The Bertz CT molecular complexity index is 557. The highest BCUT2D eigenvalue weighted by molar-refractivity contribution is 7.79. The first-order chi connectivity index (χ1) is 13.0. The molecule has 0 radical (unpaired) electrons. The summed E-state index contributed by atoms with van der Waals surface area (Å²) in [4.78, 5) is 12.4. The normalized spacial score (nSPS) is 9.22. The van der Waals surface area contributed by atoms with Gasteiger partial charge in [-0.3, -0.25) is 4.79 Å². The highest BCUT2D eigenvalue weighted by Gasteiger charge is 2.12. The lowest BCUT2D eigenvalue weighted by Gasteiger charge is -2.12. The SMILES string of the molecule is CC.CC.CCOc1ccc(C(=O)/C(C)=C/C=C(C)C)cc1OCC.CS. The zero-order valence-electron chi connectivity index (χ0n) is 19.0. The van der Waals surface area contributed by atoms with Crippen molar-refractivity contribution in [2.75, 3.05) is 19.5 Å². The van der Waals surface area contributed by atoms with E-state index in [2.05, 4.69) is 12.6 Å². The number of allylic oxidation sites excluding steroid dienone is 4. The van der Waals surface area contributed by atoms with E-state index in [0.717, 1.165) is 5.57 Å². The van der Waals surface area contributed by atoms with E-state index < -0.39 is 0 Å². The first-order valence-corrected chi connectivity index (χ1v) is 10.6. The van der Waals surface area contributed by atoms with Crippen molar-refractivity contribution < 1.29 is 14.3 Å². The van der Waals surface area contributed by atoms with Crippen molar-refractivity contribution in [1.82, 2.24) is 0 Å². The van der Waals surface area contributed by atoms with Crippen LogP contribution in [0.4, 0.5) is 0 Å². The lowest BCUT2D eigenvalue weighted by atomic mass is 10.0. The minimum atomic E-state index is -0.00324. The molecule has 3 nitrogen and oxygen atoms in total. The van der Waals surface area contributed by atoms with Crippen LogP contribution in [0.3, 0.4) is 0 Å². The summed E-state index contributed by atoms with van der Waals surface area (Å²) in [6.45, 7) is 18.7. The second-order valence-corrected chi connectivity index (χ2v) is 4.95. The van der Waals surface area contributed by atoms with Crippen LogP contribution in [0.15, 0.2) is 41.5 Å². The Morgan fingerprint density at radius 3 is 1.81 bits per heavy atom. The van der Waals surface area contributed by atoms with E-state index in [1.54, 1.807) is 24.5 Å². The smallest absolute Gasteiger partial charge is 0.188 e. The Balaban J connectivity index is -0.000000869. The summed E-state index contributed by atoms with van der Waals surface area (Å²) in [5.41, 5.74) is 2.46. The molecule has 1 rings (SSSR count). The molecule has 0 aliphatic rings. The molecule has 0 aliphatic carbocycles. The third-order valence-corrected chi connectivity index (χ3v) is 2.83. The number of ketones is 1. The van der Waals surface area contributed by atoms with Gasteiger partial charge in [-0.05, 0) is 64.6 Å². The number of Topliss-reactive ketones (excluding diaryl/α,β-unsaturated/α-hetero) is 1. The summed E-state index contributed by atoms with van der Waals surface area (Å²) in [6.07, 6.45) is 5.47. The fraction of sp³-hybridized carbons (Fsp3) is 0.522. The summed E-state index contributed by atoms with van der Waals surface area (Å²) < 4.78 is 11.1. The lowest BCUT2D eigenvalue weighted by molar-refractivity contribution is 0.103. The van der Waals surface area contributed by atoms with Gasteiger partial charge in [0.2, 0.25) is 0 Å². The van der Waals surface area contributed by atoms with E-state index in [9.17, 15) is 4.79 Å². The number of carbonyl (C=O) groups is 1. The molecule has 0 amide bonds. The number of hydrogen-bond donors (Lipinski definition) is 1. The van der Waals surface area contributed by atoms with Crippen LogP contribution in [0.5, 0.6) is 11.5 Å². The number of ether oxygens (including phenoxy) is 2. The molecule has 1 aromatic carbocycles. The number of benzene rings is 1. The molecule has 1 aromatic rings. The molecule has 0 saturated heterocycles. The molecule has 0 aromatic heterocycles. The fourth-order valence-electron chi connectivity index (χ4n) is 1.79. The van der Waals surface area contributed by atoms with Gasteiger partial charge in [-0.25, -0.2) is 0 Å². The first-order valence-electron chi connectivity index (χ1n) is 9.70. The van der Waals surface area contributed by atoms with E-state index in [0.29, 0.717) is 35.8 Å². The lowest BCUT2D eigenvalue weighted by Crippen LogP contribution is -2.04. The number of rotatable bonds is 7. The van der Waals surface area contributed by atoms with Crippen LogP contribution in [-0.2, 0) is 0 Å². The molecule has 0 fully saturated rings. The van der Waals surface area contributed by atoms with Crippen LogP contribution in [0.25, 0.3) is 0 Å². The van der Waals surface area contributed by atoms with Gasteiger partial charge < -0.3 is 9.47 Å². The predicted octanol–water partition coefficient (Wildman–Crippen LogP) is 7.18. The molecule has 0 atom stereocenters. The van der Waals surface area contributed by atoms with Crippen LogP contribution in [0, 0.1) is 0 Å². The molecule has 0 bridgehead atoms. The maximum Gasteiger partial charge on any atom is 0.188 e. The van der Waals surface area contributed by atoms with E-state index in [1.165, 1.54) is 0 Å². The van der Waals surface area contributed by atoms with Crippen LogP contribution in [0.1, 0.15) is 72.7 Å². The van der Waals surface area contributed by atoms with Crippen LogP contribution in [-0.4, -0.2) is 25.3 Å². The van der Waals surface area contributed by atoms with Gasteiger partial charge in [-0.1, -0.05) is 45.4 Å². The molecule has 156 valence electrons. The average molecular weight is 397 g/mol. The molecule has 0 aliphatic heterocycles. The molecule has 0 N–H and O–H groups in total. The third-order valence-electron chi connectivity index (χ3n) is 2.83. The van der Waals surface area contributed by atoms with Gasteiger partial charge in [0.05, 0.1) is 13.2 Å². The molecule has 4 heteroatoms. The molecule has 0 heterocycles. The summed E-state index contributed by atoms with van der Waals surface area (Å²) in [5.74, 6) is 1.28. The van der Waals surface area contributed by atoms with E-state index in [-0.39, 0.29) is 5.78 Å². The summed E-state index contributed by atoms with van der Waals surface area (Å²) in [5, 5.41) is 0.